The van der Waals surface area contributed by atoms with Gasteiger partial charge < -0.3 is 13.9 Å². The summed E-state index contributed by atoms with van der Waals surface area (Å²) in [5.41, 5.74) is 1.80. The highest BCUT2D eigenvalue weighted by Crippen LogP contribution is 2.39. The lowest BCUT2D eigenvalue weighted by molar-refractivity contribution is -0.133. The fraction of sp³-hybridized carbons (Fsp3) is 0.130. The van der Waals surface area contributed by atoms with Crippen LogP contribution in [0.1, 0.15) is 33.0 Å². The Kier molecular flexibility index (Phi) is 4.99. The zero-order valence-corrected chi connectivity index (χ0v) is 16.6. The normalized spacial score (nSPS) is 14.0. The van der Waals surface area contributed by atoms with Crippen molar-refractivity contribution in [1.82, 2.24) is 0 Å². The molecule has 1 aromatic heterocycles. The van der Waals surface area contributed by atoms with Crippen molar-refractivity contribution in [2.45, 2.75) is 20.3 Å². The maximum atomic E-state index is 12.6. The van der Waals surface area contributed by atoms with Crippen molar-refractivity contribution in [2.24, 2.45) is 0 Å². The molecule has 0 radical (unpaired) electrons. The van der Waals surface area contributed by atoms with Gasteiger partial charge in [0, 0.05) is 16.7 Å². The minimum atomic E-state index is -0.415. The van der Waals surface area contributed by atoms with E-state index >= 15 is 0 Å². The number of fused-ring (bicyclic) bond motifs is 1. The smallest absolute Gasteiger partial charge is 0.315 e. The van der Waals surface area contributed by atoms with Gasteiger partial charge in [-0.2, -0.15) is 0 Å². The minimum Gasteiger partial charge on any atom is -0.462 e. The first kappa shape index (κ1) is 19.0. The van der Waals surface area contributed by atoms with Crippen molar-refractivity contribution < 1.29 is 23.5 Å². The van der Waals surface area contributed by atoms with E-state index in [2.05, 4.69) is 0 Å². The predicted molar refractivity (Wildman–Crippen MR) is 108 cm³/mol. The number of halogens is 1. The molecule has 0 saturated carbocycles. The lowest BCUT2D eigenvalue weighted by Gasteiger charge is -2.10. The van der Waals surface area contributed by atoms with Crippen LogP contribution < -0.4 is 9.47 Å². The van der Waals surface area contributed by atoms with Crippen molar-refractivity contribution in [3.05, 3.63) is 87.5 Å². The van der Waals surface area contributed by atoms with Gasteiger partial charge in [0.2, 0.25) is 5.78 Å². The maximum absolute atomic E-state index is 12.6. The van der Waals surface area contributed by atoms with Crippen molar-refractivity contribution in [3.8, 4) is 11.5 Å². The van der Waals surface area contributed by atoms with E-state index in [9.17, 15) is 9.59 Å². The molecule has 2 heterocycles. The third-order valence-electron chi connectivity index (χ3n) is 4.56. The molecule has 0 amide bonds. The highest BCUT2D eigenvalue weighted by Gasteiger charge is 2.30. The number of hydrogen-bond acceptors (Lipinski definition) is 5. The summed E-state index contributed by atoms with van der Waals surface area (Å²) in [5, 5.41) is 0.604. The fourth-order valence-electron chi connectivity index (χ4n) is 3.07. The molecule has 0 spiro atoms. The lowest BCUT2D eigenvalue weighted by atomic mass is 10.1. The molecule has 2 aromatic carbocycles. The quantitative estimate of drug-likeness (QED) is 0.332. The standard InChI is InChI=1S/C23H17ClO5/c1-13-3-8-17(27-13)12-20-22(26)18-9-10-19(14(2)23(18)29-20)28-21(25)11-15-4-6-16(24)7-5-15/h3-10,12H,11H2,1-2H3/b20-12-. The van der Waals surface area contributed by atoms with Crippen LogP contribution in [-0.2, 0) is 11.2 Å². The van der Waals surface area contributed by atoms with Crippen molar-refractivity contribution in [3.63, 3.8) is 0 Å². The number of carbonyl (C=O) groups is 2. The van der Waals surface area contributed by atoms with Crippen LogP contribution in [0.3, 0.4) is 0 Å². The predicted octanol–water partition coefficient (Wildman–Crippen LogP) is 5.31. The molecule has 5 nitrogen and oxygen atoms in total. The zero-order chi connectivity index (χ0) is 20.5. The van der Waals surface area contributed by atoms with E-state index in [0.29, 0.717) is 33.4 Å². The second-order valence-electron chi connectivity index (χ2n) is 6.73. The number of benzene rings is 2. The molecule has 0 saturated heterocycles. The molecule has 3 aromatic rings. The molecule has 0 aliphatic carbocycles. The summed E-state index contributed by atoms with van der Waals surface area (Å²) in [5.74, 6) is 1.53. The Morgan fingerprint density at radius 3 is 2.52 bits per heavy atom. The molecule has 1 aliphatic rings. The number of hydrogen-bond donors (Lipinski definition) is 0. The van der Waals surface area contributed by atoms with Crippen molar-refractivity contribution in [2.75, 3.05) is 0 Å². The van der Waals surface area contributed by atoms with E-state index < -0.39 is 5.97 Å². The van der Waals surface area contributed by atoms with Gasteiger partial charge in [-0.25, -0.2) is 0 Å². The number of rotatable bonds is 4. The first-order valence-electron chi connectivity index (χ1n) is 9.00. The molecule has 0 fully saturated rings. The molecular weight excluding hydrogens is 392 g/mol. The van der Waals surface area contributed by atoms with Gasteiger partial charge in [0.25, 0.3) is 0 Å². The Morgan fingerprint density at radius 2 is 1.83 bits per heavy atom. The molecule has 0 unspecified atom stereocenters. The summed E-state index contributed by atoms with van der Waals surface area (Å²) in [7, 11) is 0. The molecule has 0 atom stereocenters. The third kappa shape index (κ3) is 3.96. The first-order chi connectivity index (χ1) is 13.9. The molecule has 0 N–H and O–H groups in total. The lowest BCUT2D eigenvalue weighted by Crippen LogP contribution is -2.12. The number of aryl methyl sites for hydroxylation is 1. The van der Waals surface area contributed by atoms with Crippen LogP contribution in [0.15, 0.2) is 58.7 Å². The molecule has 1 aliphatic heterocycles. The Morgan fingerprint density at radius 1 is 1.07 bits per heavy atom. The maximum Gasteiger partial charge on any atom is 0.315 e. The number of Topliss-reactive ketones (excluding diaryl/α,β-unsaturated/α-hetero) is 1. The van der Waals surface area contributed by atoms with Gasteiger partial charge in [0.05, 0.1) is 12.0 Å². The number of ether oxygens (including phenoxy) is 2. The van der Waals surface area contributed by atoms with Crippen LogP contribution in [0.25, 0.3) is 6.08 Å². The second-order valence-corrected chi connectivity index (χ2v) is 7.17. The first-order valence-corrected chi connectivity index (χ1v) is 9.38. The van der Waals surface area contributed by atoms with Crippen LogP contribution in [0.5, 0.6) is 11.5 Å². The Balaban J connectivity index is 1.53. The van der Waals surface area contributed by atoms with Gasteiger partial charge in [-0.3, -0.25) is 9.59 Å². The summed E-state index contributed by atoms with van der Waals surface area (Å²) in [4.78, 5) is 24.9. The number of carbonyl (C=O) groups excluding carboxylic acids is 2. The van der Waals surface area contributed by atoms with Crippen LogP contribution in [0, 0.1) is 13.8 Å². The van der Waals surface area contributed by atoms with Crippen molar-refractivity contribution in [1.29, 1.82) is 0 Å². The van der Waals surface area contributed by atoms with E-state index in [1.165, 1.54) is 0 Å². The molecule has 6 heteroatoms. The van der Waals surface area contributed by atoms with E-state index in [4.69, 9.17) is 25.5 Å². The summed E-state index contributed by atoms with van der Waals surface area (Å²) in [6.45, 7) is 3.57. The summed E-state index contributed by atoms with van der Waals surface area (Å²) in [6, 6.07) is 13.8. The summed E-state index contributed by atoms with van der Waals surface area (Å²) < 4.78 is 16.7. The van der Waals surface area contributed by atoms with Crippen LogP contribution in [0.2, 0.25) is 5.02 Å². The Bertz CT molecular complexity index is 1140. The van der Waals surface area contributed by atoms with Gasteiger partial charge in [-0.05, 0) is 55.8 Å². The second kappa shape index (κ2) is 7.60. The average Bonchev–Trinajstić information content (AvgIpc) is 3.24. The molecule has 4 rings (SSSR count). The van der Waals surface area contributed by atoms with Crippen LogP contribution in [-0.4, -0.2) is 11.8 Å². The molecule has 29 heavy (non-hydrogen) atoms. The number of esters is 1. The number of furan rings is 1. The van der Waals surface area contributed by atoms with Gasteiger partial charge in [0.1, 0.15) is 23.0 Å². The summed E-state index contributed by atoms with van der Waals surface area (Å²) >= 11 is 5.86. The Hall–Kier alpha value is -3.31. The highest BCUT2D eigenvalue weighted by molar-refractivity contribution is 6.30. The number of ketones is 1. The third-order valence-corrected chi connectivity index (χ3v) is 4.81. The van der Waals surface area contributed by atoms with Gasteiger partial charge in [-0.1, -0.05) is 23.7 Å². The van der Waals surface area contributed by atoms with E-state index in [-0.39, 0.29) is 18.0 Å². The van der Waals surface area contributed by atoms with E-state index in [1.807, 2.05) is 13.0 Å². The largest absolute Gasteiger partial charge is 0.462 e. The monoisotopic (exact) mass is 408 g/mol. The molecule has 0 bridgehead atoms. The SMILES string of the molecule is Cc1ccc(/C=C2\Oc3c(ccc(OC(=O)Cc4ccc(Cl)cc4)c3C)C2=O)o1. The van der Waals surface area contributed by atoms with E-state index in [0.717, 1.165) is 11.3 Å². The van der Waals surface area contributed by atoms with Gasteiger partial charge >= 0.3 is 5.97 Å². The van der Waals surface area contributed by atoms with Crippen LogP contribution in [0.4, 0.5) is 0 Å². The average molecular weight is 409 g/mol. The molecule has 146 valence electrons. The minimum absolute atomic E-state index is 0.108. The number of allylic oxidation sites excluding steroid dienone is 1. The van der Waals surface area contributed by atoms with E-state index in [1.54, 1.807) is 55.5 Å². The summed E-state index contributed by atoms with van der Waals surface area (Å²) in [6.07, 6.45) is 1.66. The van der Waals surface area contributed by atoms with Crippen molar-refractivity contribution >= 4 is 29.4 Å². The fourth-order valence-corrected chi connectivity index (χ4v) is 3.19. The van der Waals surface area contributed by atoms with Gasteiger partial charge in [0.15, 0.2) is 5.76 Å². The zero-order valence-electron chi connectivity index (χ0n) is 15.8. The molecular formula is C23H17ClO5. The van der Waals surface area contributed by atoms with Crippen LogP contribution >= 0.6 is 11.6 Å². The van der Waals surface area contributed by atoms with Gasteiger partial charge in [-0.15, -0.1) is 0 Å². The topological polar surface area (TPSA) is 65.7 Å². The highest BCUT2D eigenvalue weighted by atomic mass is 35.5. The Labute approximate surface area is 172 Å².